The summed E-state index contributed by atoms with van der Waals surface area (Å²) < 4.78 is 6.02. The molecule has 3 unspecified atom stereocenters. The molecule has 2 aromatic carbocycles. The van der Waals surface area contributed by atoms with Crippen molar-refractivity contribution >= 4 is 35.3 Å². The lowest BCUT2D eigenvalue weighted by Gasteiger charge is -2.45. The summed E-state index contributed by atoms with van der Waals surface area (Å²) in [6, 6.07) is 16.6. The van der Waals surface area contributed by atoms with Gasteiger partial charge in [0.2, 0.25) is 5.91 Å². The first kappa shape index (κ1) is 25.5. The first-order valence-electron chi connectivity index (χ1n) is 13.3. The molecule has 0 saturated carbocycles. The average molecular weight is 546 g/mol. The first-order valence-corrected chi connectivity index (χ1v) is 14.2. The van der Waals surface area contributed by atoms with E-state index in [-0.39, 0.29) is 41.2 Å². The van der Waals surface area contributed by atoms with Gasteiger partial charge in [0, 0.05) is 42.5 Å². The van der Waals surface area contributed by atoms with Crippen LogP contribution in [0.5, 0.6) is 11.5 Å². The average Bonchev–Trinajstić information content (AvgIpc) is 3.33. The molecule has 9 nitrogen and oxygen atoms in total. The summed E-state index contributed by atoms with van der Waals surface area (Å²) in [6.45, 7) is 5.44. The molecule has 4 amide bonds. The van der Waals surface area contributed by atoms with Crippen molar-refractivity contribution in [3.8, 4) is 11.5 Å². The van der Waals surface area contributed by atoms with Crippen LogP contribution in [0.3, 0.4) is 0 Å². The molecule has 4 heterocycles. The maximum atomic E-state index is 13.5. The Morgan fingerprint density at radius 1 is 1.10 bits per heavy atom. The normalized spacial score (nSPS) is 26.0. The Bertz CT molecular complexity index is 1330. The van der Waals surface area contributed by atoms with E-state index in [1.807, 2.05) is 54.6 Å². The number of thioether (sulfide) groups is 1. The summed E-state index contributed by atoms with van der Waals surface area (Å²) >= 11 is 1.48. The number of piperidine rings is 2. The number of para-hydroxylation sites is 1. The molecule has 10 heteroatoms. The van der Waals surface area contributed by atoms with Crippen molar-refractivity contribution in [2.24, 2.45) is 5.92 Å². The van der Waals surface area contributed by atoms with Gasteiger partial charge in [0.25, 0.3) is 5.91 Å². The summed E-state index contributed by atoms with van der Waals surface area (Å²) in [5.41, 5.74) is 1.44. The number of rotatable bonds is 6. The van der Waals surface area contributed by atoms with Gasteiger partial charge in [0.1, 0.15) is 11.5 Å². The predicted molar refractivity (Wildman–Crippen MR) is 150 cm³/mol. The lowest BCUT2D eigenvalue weighted by Crippen LogP contribution is -2.62. The van der Waals surface area contributed by atoms with Gasteiger partial charge >= 0.3 is 6.03 Å². The molecule has 3 fully saturated rings. The van der Waals surface area contributed by atoms with Gasteiger partial charge in [-0.25, -0.2) is 4.79 Å². The minimum Gasteiger partial charge on any atom is -0.457 e. The predicted octanol–water partition coefficient (Wildman–Crippen LogP) is 3.56. The molecule has 0 aliphatic carbocycles. The summed E-state index contributed by atoms with van der Waals surface area (Å²) in [5.74, 6) is 1.00. The summed E-state index contributed by atoms with van der Waals surface area (Å²) in [7, 11) is 0. The molecule has 4 aliphatic rings. The number of hydrogen-bond acceptors (Lipinski definition) is 6. The third-order valence-electron chi connectivity index (χ3n) is 7.66. The van der Waals surface area contributed by atoms with E-state index in [4.69, 9.17) is 4.74 Å². The van der Waals surface area contributed by atoms with Gasteiger partial charge in [-0.05, 0) is 56.1 Å². The van der Waals surface area contributed by atoms with E-state index >= 15 is 0 Å². The smallest absolute Gasteiger partial charge is 0.326 e. The first-order chi connectivity index (χ1) is 19.0. The van der Waals surface area contributed by atoms with Gasteiger partial charge in [0.15, 0.2) is 0 Å². The van der Waals surface area contributed by atoms with Crippen LogP contribution >= 0.6 is 11.8 Å². The molecule has 0 bridgehead atoms. The quantitative estimate of drug-likeness (QED) is 0.480. The Hall–Kier alpha value is -3.76. The van der Waals surface area contributed by atoms with E-state index < -0.39 is 0 Å². The van der Waals surface area contributed by atoms with Gasteiger partial charge in [-0.15, -0.1) is 0 Å². The molecular weight excluding hydrogens is 514 g/mol. The number of carbonyl (C=O) groups is 3. The highest BCUT2D eigenvalue weighted by Gasteiger charge is 2.51. The number of urea groups is 1. The van der Waals surface area contributed by atoms with Crippen LogP contribution in [0.15, 0.2) is 77.9 Å². The lowest BCUT2D eigenvalue weighted by atomic mass is 9.86. The van der Waals surface area contributed by atoms with Crippen LogP contribution in [0.2, 0.25) is 0 Å². The van der Waals surface area contributed by atoms with Crippen LogP contribution in [0.25, 0.3) is 0 Å². The largest absolute Gasteiger partial charge is 0.457 e. The number of carbonyl (C=O) groups excluding carboxylic acids is 3. The van der Waals surface area contributed by atoms with Gasteiger partial charge in [0.05, 0.1) is 16.3 Å². The minimum absolute atomic E-state index is 0.0171. The molecule has 4 aliphatic heterocycles. The summed E-state index contributed by atoms with van der Waals surface area (Å²) in [4.78, 5) is 43.1. The van der Waals surface area contributed by atoms with Crippen LogP contribution < -0.4 is 25.6 Å². The van der Waals surface area contributed by atoms with Crippen molar-refractivity contribution in [1.29, 1.82) is 0 Å². The molecule has 0 aromatic heterocycles. The number of benzene rings is 2. The van der Waals surface area contributed by atoms with Crippen molar-refractivity contribution < 1.29 is 19.1 Å². The second kappa shape index (κ2) is 10.8. The molecule has 3 saturated heterocycles. The van der Waals surface area contributed by atoms with Gasteiger partial charge in [-0.3, -0.25) is 14.5 Å². The Labute approximate surface area is 231 Å². The second-order valence-electron chi connectivity index (χ2n) is 10.1. The monoisotopic (exact) mass is 545 g/mol. The van der Waals surface area contributed by atoms with E-state index in [1.165, 1.54) is 17.8 Å². The fourth-order valence-electron chi connectivity index (χ4n) is 5.92. The molecule has 4 atom stereocenters. The molecule has 3 N–H and O–H groups in total. The minimum atomic E-state index is -0.253. The van der Waals surface area contributed by atoms with Crippen molar-refractivity contribution in [3.05, 3.63) is 77.9 Å². The SMILES string of the molecule is C=CC(=O)N1CCC[C@@H](NC(=O)C2=C3NC(=O)N(c4cccc(Oc5ccccc5)c4)C4CCNC(S2)C34)C1. The number of hydrogen-bond donors (Lipinski definition) is 3. The highest BCUT2D eigenvalue weighted by molar-refractivity contribution is 8.04. The second-order valence-corrected chi connectivity index (χ2v) is 11.3. The molecule has 39 heavy (non-hydrogen) atoms. The van der Waals surface area contributed by atoms with E-state index in [0.29, 0.717) is 29.4 Å². The van der Waals surface area contributed by atoms with Crippen molar-refractivity contribution in [3.63, 3.8) is 0 Å². The third-order valence-corrected chi connectivity index (χ3v) is 9.02. The number of nitrogens with one attached hydrogen (secondary N) is 3. The summed E-state index contributed by atoms with van der Waals surface area (Å²) in [6.07, 6.45) is 3.69. The standard InChI is InChI=1S/C29H31N5O4S/c1-2-23(35)33-15-7-8-18(17-33)31-27(36)26-25-24-22(13-14-30-28(24)39-26)34(29(37)32-25)19-9-6-12-21(16-19)38-20-10-4-3-5-11-20/h2-6,9-12,16,18,22,24,28,30H,1,7-8,13-15,17H2,(H,31,36)(H,32,37)/t18-,22?,24?,28?/m1/s1. The lowest BCUT2D eigenvalue weighted by molar-refractivity contribution is -0.128. The van der Waals surface area contributed by atoms with E-state index in [1.54, 1.807) is 9.80 Å². The molecule has 202 valence electrons. The van der Waals surface area contributed by atoms with Crippen molar-refractivity contribution in [1.82, 2.24) is 20.9 Å². The molecule has 0 radical (unpaired) electrons. The molecule has 6 rings (SSSR count). The number of anilines is 1. The molecular formula is C29H31N5O4S. The Morgan fingerprint density at radius 2 is 1.92 bits per heavy atom. The highest BCUT2D eigenvalue weighted by atomic mass is 32.2. The van der Waals surface area contributed by atoms with Gasteiger partial charge in [-0.2, -0.15) is 0 Å². The van der Waals surface area contributed by atoms with Gasteiger partial charge in [-0.1, -0.05) is 42.6 Å². The Morgan fingerprint density at radius 3 is 2.74 bits per heavy atom. The molecule has 0 spiro atoms. The van der Waals surface area contributed by atoms with Crippen LogP contribution in [-0.2, 0) is 9.59 Å². The maximum absolute atomic E-state index is 13.5. The fraction of sp³-hybridized carbons (Fsp3) is 0.345. The highest BCUT2D eigenvalue weighted by Crippen LogP contribution is 2.48. The summed E-state index contributed by atoms with van der Waals surface area (Å²) in [5, 5.41) is 9.69. The maximum Gasteiger partial charge on any atom is 0.326 e. The van der Waals surface area contributed by atoms with Crippen LogP contribution in [0, 0.1) is 5.92 Å². The van der Waals surface area contributed by atoms with E-state index in [9.17, 15) is 14.4 Å². The van der Waals surface area contributed by atoms with Crippen molar-refractivity contribution in [2.45, 2.75) is 36.7 Å². The number of nitrogens with zero attached hydrogens (tertiary/aromatic N) is 2. The van der Waals surface area contributed by atoms with Crippen LogP contribution in [0.1, 0.15) is 19.3 Å². The fourth-order valence-corrected chi connectivity index (χ4v) is 7.32. The zero-order valence-electron chi connectivity index (χ0n) is 21.5. The zero-order chi connectivity index (χ0) is 26.9. The van der Waals surface area contributed by atoms with Crippen molar-refractivity contribution in [2.75, 3.05) is 24.5 Å². The van der Waals surface area contributed by atoms with Crippen LogP contribution in [-0.4, -0.2) is 59.8 Å². The topological polar surface area (TPSA) is 103 Å². The Balaban J connectivity index is 1.22. The number of likely N-dealkylation sites (tertiary alicyclic amines) is 1. The van der Waals surface area contributed by atoms with E-state index in [0.717, 1.165) is 37.2 Å². The van der Waals surface area contributed by atoms with Gasteiger partial charge < -0.3 is 25.6 Å². The zero-order valence-corrected chi connectivity index (χ0v) is 22.3. The number of ether oxygens (including phenoxy) is 1. The molecule has 2 aromatic rings. The number of amides is 4. The Kier molecular flexibility index (Phi) is 7.05. The third kappa shape index (κ3) is 5.02. The van der Waals surface area contributed by atoms with E-state index in [2.05, 4.69) is 22.5 Å². The van der Waals surface area contributed by atoms with Crippen LogP contribution in [0.4, 0.5) is 10.5 Å².